The Morgan fingerprint density at radius 3 is 2.14 bits per heavy atom. The molecule has 1 atom stereocenters. The molecule has 1 aliphatic carbocycles. The molecule has 1 N–H and O–H groups in total. The lowest BCUT2D eigenvalue weighted by Crippen LogP contribution is -2.29. The Hall–Kier alpha value is -0.0400. The first-order valence-corrected chi connectivity index (χ1v) is 6.09. The van der Waals surface area contributed by atoms with Crippen LogP contribution in [-0.4, -0.2) is 11.2 Å². The van der Waals surface area contributed by atoms with Crippen LogP contribution in [0.1, 0.15) is 59.8 Å². The molecule has 0 aromatic heterocycles. The van der Waals surface area contributed by atoms with Gasteiger partial charge in [-0.25, -0.2) is 0 Å². The van der Waals surface area contributed by atoms with Crippen molar-refractivity contribution in [1.29, 1.82) is 0 Å². The van der Waals surface area contributed by atoms with Crippen molar-refractivity contribution >= 4 is 0 Å². The van der Waals surface area contributed by atoms with Crippen molar-refractivity contribution in [1.82, 2.24) is 0 Å². The molecule has 0 aliphatic heterocycles. The molecule has 0 aromatic rings. The minimum Gasteiger partial charge on any atom is -0.393 e. The summed E-state index contributed by atoms with van der Waals surface area (Å²) in [6.45, 7) is 9.07. The van der Waals surface area contributed by atoms with Crippen LogP contribution in [0.5, 0.6) is 0 Å². The van der Waals surface area contributed by atoms with E-state index in [1.807, 2.05) is 0 Å². The van der Waals surface area contributed by atoms with Crippen molar-refractivity contribution in [2.75, 3.05) is 0 Å². The Bertz CT molecular complexity index is 162. The molecule has 0 bridgehead atoms. The minimum absolute atomic E-state index is 0.0499. The smallest absolute Gasteiger partial charge is 0.0570 e. The summed E-state index contributed by atoms with van der Waals surface area (Å²) in [5, 5.41) is 10.0. The fourth-order valence-electron chi connectivity index (χ4n) is 2.48. The predicted molar refractivity (Wildman–Crippen MR) is 61.2 cm³/mol. The molecule has 0 amide bonds. The van der Waals surface area contributed by atoms with Gasteiger partial charge in [0.1, 0.15) is 0 Å². The van der Waals surface area contributed by atoms with Gasteiger partial charge in [-0.2, -0.15) is 0 Å². The van der Waals surface area contributed by atoms with Gasteiger partial charge in [0, 0.05) is 0 Å². The molecule has 1 saturated carbocycles. The van der Waals surface area contributed by atoms with Crippen LogP contribution in [0.3, 0.4) is 0 Å². The van der Waals surface area contributed by atoms with Crippen LogP contribution in [0.15, 0.2) is 0 Å². The van der Waals surface area contributed by atoms with Gasteiger partial charge in [-0.15, -0.1) is 0 Å². The van der Waals surface area contributed by atoms with E-state index in [4.69, 9.17) is 0 Å². The van der Waals surface area contributed by atoms with Gasteiger partial charge >= 0.3 is 0 Å². The van der Waals surface area contributed by atoms with Gasteiger partial charge in [-0.1, -0.05) is 27.7 Å². The molecule has 1 unspecified atom stereocenters. The van der Waals surface area contributed by atoms with Crippen LogP contribution in [0.2, 0.25) is 0 Å². The van der Waals surface area contributed by atoms with Crippen LogP contribution in [0, 0.1) is 17.3 Å². The van der Waals surface area contributed by atoms with Crippen molar-refractivity contribution in [3.05, 3.63) is 0 Å². The molecule has 14 heavy (non-hydrogen) atoms. The Morgan fingerprint density at radius 1 is 1.21 bits per heavy atom. The van der Waals surface area contributed by atoms with E-state index in [9.17, 15) is 5.11 Å². The SMILES string of the molecule is CC(C)CC(O)C1CCC(C)(C)CC1. The molecule has 0 aromatic carbocycles. The zero-order chi connectivity index (χ0) is 10.8. The summed E-state index contributed by atoms with van der Waals surface area (Å²) in [6, 6.07) is 0. The van der Waals surface area contributed by atoms with Crippen molar-refractivity contribution < 1.29 is 5.11 Å². The van der Waals surface area contributed by atoms with Gasteiger partial charge in [-0.05, 0) is 49.4 Å². The molecule has 1 aliphatic rings. The Labute approximate surface area is 88.9 Å². The lowest BCUT2D eigenvalue weighted by molar-refractivity contribution is 0.0433. The van der Waals surface area contributed by atoms with Crippen molar-refractivity contribution in [3.8, 4) is 0 Å². The van der Waals surface area contributed by atoms with E-state index in [0.717, 1.165) is 6.42 Å². The van der Waals surface area contributed by atoms with Crippen LogP contribution < -0.4 is 0 Å². The summed E-state index contributed by atoms with van der Waals surface area (Å²) in [5.41, 5.74) is 0.522. The number of hydrogen-bond acceptors (Lipinski definition) is 1. The highest BCUT2D eigenvalue weighted by atomic mass is 16.3. The zero-order valence-electron chi connectivity index (χ0n) is 10.2. The molecular weight excluding hydrogens is 172 g/mol. The molecule has 0 radical (unpaired) electrons. The molecule has 0 spiro atoms. The topological polar surface area (TPSA) is 20.2 Å². The summed E-state index contributed by atoms with van der Waals surface area (Å²) >= 11 is 0. The van der Waals surface area contributed by atoms with Gasteiger partial charge in [0.2, 0.25) is 0 Å². The standard InChI is InChI=1S/C13H26O/c1-10(2)9-12(14)11-5-7-13(3,4)8-6-11/h10-12,14H,5-9H2,1-4H3. The lowest BCUT2D eigenvalue weighted by Gasteiger charge is -2.36. The van der Waals surface area contributed by atoms with Gasteiger partial charge < -0.3 is 5.11 Å². The molecule has 84 valence electrons. The number of hydrogen-bond donors (Lipinski definition) is 1. The quantitative estimate of drug-likeness (QED) is 0.734. The third kappa shape index (κ3) is 3.61. The van der Waals surface area contributed by atoms with Gasteiger partial charge in [-0.3, -0.25) is 0 Å². The van der Waals surface area contributed by atoms with E-state index in [1.165, 1.54) is 25.7 Å². The largest absolute Gasteiger partial charge is 0.393 e. The number of aliphatic hydroxyl groups is 1. The van der Waals surface area contributed by atoms with E-state index in [1.54, 1.807) is 0 Å². The van der Waals surface area contributed by atoms with E-state index in [-0.39, 0.29) is 6.10 Å². The lowest BCUT2D eigenvalue weighted by atomic mass is 9.71. The van der Waals surface area contributed by atoms with Gasteiger partial charge in [0.25, 0.3) is 0 Å². The molecule has 1 fully saturated rings. The normalized spacial score (nSPS) is 25.3. The monoisotopic (exact) mass is 198 g/mol. The van der Waals surface area contributed by atoms with Crippen LogP contribution in [0.25, 0.3) is 0 Å². The average molecular weight is 198 g/mol. The average Bonchev–Trinajstić information content (AvgIpc) is 2.02. The van der Waals surface area contributed by atoms with Gasteiger partial charge in [0.05, 0.1) is 6.10 Å². The predicted octanol–water partition coefficient (Wildman–Crippen LogP) is 3.61. The third-order valence-corrected chi connectivity index (χ3v) is 3.64. The second-order valence-corrected chi connectivity index (χ2v) is 6.20. The summed E-state index contributed by atoms with van der Waals surface area (Å²) in [4.78, 5) is 0. The van der Waals surface area contributed by atoms with Crippen LogP contribution >= 0.6 is 0 Å². The van der Waals surface area contributed by atoms with E-state index < -0.39 is 0 Å². The summed E-state index contributed by atoms with van der Waals surface area (Å²) < 4.78 is 0. The molecule has 1 rings (SSSR count). The third-order valence-electron chi connectivity index (χ3n) is 3.64. The molecule has 1 nitrogen and oxygen atoms in total. The molecule has 1 heteroatoms. The summed E-state index contributed by atoms with van der Waals surface area (Å²) in [5.74, 6) is 1.20. The Balaban J connectivity index is 2.34. The Kier molecular flexibility index (Phi) is 4.00. The molecule has 0 saturated heterocycles. The van der Waals surface area contributed by atoms with Crippen LogP contribution in [-0.2, 0) is 0 Å². The summed E-state index contributed by atoms with van der Waals surface area (Å²) in [6.07, 6.45) is 5.94. The number of aliphatic hydroxyl groups excluding tert-OH is 1. The van der Waals surface area contributed by atoms with Crippen molar-refractivity contribution in [3.63, 3.8) is 0 Å². The minimum atomic E-state index is -0.0499. The fraction of sp³-hybridized carbons (Fsp3) is 1.00. The second kappa shape index (κ2) is 4.65. The van der Waals surface area contributed by atoms with E-state index in [2.05, 4.69) is 27.7 Å². The maximum atomic E-state index is 10.0. The molecular formula is C13H26O. The van der Waals surface area contributed by atoms with Crippen LogP contribution in [0.4, 0.5) is 0 Å². The first-order valence-electron chi connectivity index (χ1n) is 6.09. The summed E-state index contributed by atoms with van der Waals surface area (Å²) in [7, 11) is 0. The second-order valence-electron chi connectivity index (χ2n) is 6.20. The fourth-order valence-corrected chi connectivity index (χ4v) is 2.48. The Morgan fingerprint density at radius 2 is 1.71 bits per heavy atom. The maximum Gasteiger partial charge on any atom is 0.0570 e. The maximum absolute atomic E-state index is 10.0. The highest BCUT2D eigenvalue weighted by molar-refractivity contribution is 4.82. The zero-order valence-corrected chi connectivity index (χ0v) is 10.2. The first kappa shape index (κ1) is 12.0. The van der Waals surface area contributed by atoms with Crippen molar-refractivity contribution in [2.45, 2.75) is 65.9 Å². The highest BCUT2D eigenvalue weighted by Crippen LogP contribution is 2.39. The van der Waals surface area contributed by atoms with Crippen molar-refractivity contribution in [2.24, 2.45) is 17.3 Å². The van der Waals surface area contributed by atoms with E-state index in [0.29, 0.717) is 17.3 Å². The van der Waals surface area contributed by atoms with Gasteiger partial charge in [0.15, 0.2) is 0 Å². The first-order chi connectivity index (χ1) is 6.41. The number of rotatable bonds is 3. The molecule has 0 heterocycles. The highest BCUT2D eigenvalue weighted by Gasteiger charge is 2.30. The van der Waals surface area contributed by atoms with E-state index >= 15 is 0 Å².